The second-order valence-corrected chi connectivity index (χ2v) is 11.7. The predicted octanol–water partition coefficient (Wildman–Crippen LogP) is 5.55. The number of benzene rings is 1. The minimum Gasteiger partial charge on any atom is -0.466 e. The van der Waals surface area contributed by atoms with Crippen LogP contribution in [0.15, 0.2) is 43.2 Å². The first-order chi connectivity index (χ1) is 20.7. The van der Waals surface area contributed by atoms with E-state index < -0.39 is 18.7 Å². The third kappa shape index (κ3) is 8.05. The second-order valence-electron chi connectivity index (χ2n) is 11.2. The predicted molar refractivity (Wildman–Crippen MR) is 166 cm³/mol. The van der Waals surface area contributed by atoms with Crippen LogP contribution in [0.25, 0.3) is 0 Å². The molecular formula is C29H35ClF3N9O2. The Kier molecular flexibility index (Phi) is 9.84. The van der Waals surface area contributed by atoms with Crippen LogP contribution in [0.1, 0.15) is 25.8 Å². The smallest absolute Gasteiger partial charge is 0.422 e. The normalized spacial score (nSPS) is 14.2. The summed E-state index contributed by atoms with van der Waals surface area (Å²) in [7, 11) is 5.47. The van der Waals surface area contributed by atoms with Gasteiger partial charge in [-0.25, -0.2) is 9.97 Å². The number of fused-ring (bicyclic) bond motifs is 1. The number of carbonyl (C=O) groups excluding carboxylic acids is 1. The molecule has 11 nitrogen and oxygen atoms in total. The van der Waals surface area contributed by atoms with Crippen molar-refractivity contribution in [1.29, 1.82) is 0 Å². The van der Waals surface area contributed by atoms with Crippen molar-refractivity contribution in [3.63, 3.8) is 0 Å². The van der Waals surface area contributed by atoms with E-state index in [-0.39, 0.29) is 34.4 Å². The summed E-state index contributed by atoms with van der Waals surface area (Å²) in [5.74, 6) is -0.351. The van der Waals surface area contributed by atoms with Crippen LogP contribution in [0.4, 0.5) is 47.9 Å². The number of nitrogens with one attached hydrogen (secondary N) is 2. The molecule has 0 bridgehead atoms. The minimum atomic E-state index is -4.62. The average molecular weight is 634 g/mol. The molecule has 0 spiro atoms. The number of halogens is 4. The fourth-order valence-corrected chi connectivity index (χ4v) is 4.78. The molecule has 2 N–H and O–H groups in total. The van der Waals surface area contributed by atoms with Gasteiger partial charge in [0, 0.05) is 37.4 Å². The van der Waals surface area contributed by atoms with E-state index in [4.69, 9.17) is 16.3 Å². The first kappa shape index (κ1) is 32.7. The fraction of sp³-hybridized carbons (Fsp3) is 0.414. The molecule has 4 rings (SSSR count). The summed E-state index contributed by atoms with van der Waals surface area (Å²) in [5, 5.41) is 6.15. The molecule has 44 heavy (non-hydrogen) atoms. The highest BCUT2D eigenvalue weighted by molar-refractivity contribution is 6.30. The van der Waals surface area contributed by atoms with Gasteiger partial charge in [0.05, 0.1) is 5.69 Å². The third-order valence-corrected chi connectivity index (χ3v) is 7.25. The van der Waals surface area contributed by atoms with E-state index >= 15 is 0 Å². The van der Waals surface area contributed by atoms with Gasteiger partial charge in [-0.15, -0.1) is 0 Å². The number of ether oxygens (including phenoxy) is 1. The Morgan fingerprint density at radius 2 is 1.91 bits per heavy atom. The summed E-state index contributed by atoms with van der Waals surface area (Å²) in [5.41, 5.74) is 2.04. The van der Waals surface area contributed by atoms with Crippen molar-refractivity contribution >= 4 is 52.3 Å². The zero-order valence-corrected chi connectivity index (χ0v) is 25.9. The zero-order chi connectivity index (χ0) is 32.2. The Balaban J connectivity index is 1.75. The number of pyridine rings is 1. The SMILES string of the molecule is C=CC(=O)Nc1cc(Nc2ncnc(N3CCC(C)(C)c4ccc(Cl)cc43)n2)c(OCC(F)(F)F)nc1N(C)CCN(C)C. The first-order valence-electron chi connectivity index (χ1n) is 13.7. The van der Waals surface area contributed by atoms with E-state index in [1.54, 1.807) is 11.9 Å². The molecule has 0 radical (unpaired) electrons. The number of alkyl halides is 3. The first-order valence-corrected chi connectivity index (χ1v) is 14.1. The number of carbonyl (C=O) groups is 1. The topological polar surface area (TPSA) is 112 Å². The van der Waals surface area contributed by atoms with Gasteiger partial charge in [0.2, 0.25) is 23.7 Å². The Bertz CT molecular complexity index is 1520. The number of hydrogen-bond acceptors (Lipinski definition) is 10. The highest BCUT2D eigenvalue weighted by atomic mass is 35.5. The maximum atomic E-state index is 13.2. The van der Waals surface area contributed by atoms with E-state index in [0.29, 0.717) is 30.6 Å². The lowest BCUT2D eigenvalue weighted by Crippen LogP contribution is -2.35. The number of rotatable bonds is 11. The number of aromatic nitrogens is 4. The van der Waals surface area contributed by atoms with Gasteiger partial charge in [-0.2, -0.15) is 23.1 Å². The molecule has 1 aliphatic heterocycles. The van der Waals surface area contributed by atoms with Crippen molar-refractivity contribution in [2.24, 2.45) is 0 Å². The van der Waals surface area contributed by atoms with Crippen LogP contribution < -0.4 is 25.2 Å². The molecule has 15 heteroatoms. The molecule has 2 aromatic heterocycles. The molecule has 1 aliphatic rings. The van der Waals surface area contributed by atoms with Crippen LogP contribution in [0.3, 0.4) is 0 Å². The largest absolute Gasteiger partial charge is 0.466 e. The van der Waals surface area contributed by atoms with Gasteiger partial charge in [-0.05, 0) is 55.8 Å². The molecule has 0 aliphatic carbocycles. The maximum absolute atomic E-state index is 13.2. The zero-order valence-electron chi connectivity index (χ0n) is 25.2. The van der Waals surface area contributed by atoms with Crippen molar-refractivity contribution in [2.45, 2.75) is 31.9 Å². The molecular weight excluding hydrogens is 599 g/mol. The Morgan fingerprint density at radius 3 is 2.59 bits per heavy atom. The Hall–Kier alpha value is -4.17. The summed E-state index contributed by atoms with van der Waals surface area (Å²) < 4.78 is 44.8. The number of hydrogen-bond donors (Lipinski definition) is 2. The van der Waals surface area contributed by atoms with Crippen molar-refractivity contribution in [3.05, 3.63) is 53.8 Å². The summed E-state index contributed by atoms with van der Waals surface area (Å²) >= 11 is 6.34. The molecule has 3 aromatic rings. The van der Waals surface area contributed by atoms with Crippen molar-refractivity contribution < 1.29 is 22.7 Å². The third-order valence-electron chi connectivity index (χ3n) is 7.01. The van der Waals surface area contributed by atoms with E-state index in [1.807, 2.05) is 42.1 Å². The van der Waals surface area contributed by atoms with Gasteiger partial charge in [0.15, 0.2) is 12.4 Å². The van der Waals surface area contributed by atoms with Gasteiger partial charge >= 0.3 is 6.18 Å². The van der Waals surface area contributed by atoms with Crippen LogP contribution in [0.2, 0.25) is 5.02 Å². The second kappa shape index (κ2) is 13.2. The molecule has 0 unspecified atom stereocenters. The molecule has 0 fully saturated rings. The quantitative estimate of drug-likeness (QED) is 0.261. The van der Waals surface area contributed by atoms with Crippen molar-refractivity contribution in [2.75, 3.05) is 67.8 Å². The minimum absolute atomic E-state index is 0.00116. The molecule has 0 saturated carbocycles. The van der Waals surface area contributed by atoms with Gasteiger partial charge in [-0.3, -0.25) is 4.79 Å². The number of nitrogens with zero attached hydrogens (tertiary/aromatic N) is 7. The number of amides is 1. The Labute approximate surface area is 259 Å². The van der Waals surface area contributed by atoms with Gasteiger partial charge in [0.1, 0.15) is 12.0 Å². The fourth-order valence-electron chi connectivity index (χ4n) is 4.61. The molecule has 1 amide bonds. The van der Waals surface area contributed by atoms with Gasteiger partial charge in [-0.1, -0.05) is 38.1 Å². The van der Waals surface area contributed by atoms with Crippen LogP contribution >= 0.6 is 11.6 Å². The highest BCUT2D eigenvalue weighted by Gasteiger charge is 2.33. The Morgan fingerprint density at radius 1 is 1.16 bits per heavy atom. The van der Waals surface area contributed by atoms with E-state index in [2.05, 4.69) is 51.0 Å². The lowest BCUT2D eigenvalue weighted by molar-refractivity contribution is -0.153. The summed E-state index contributed by atoms with van der Waals surface area (Å²) in [4.78, 5) is 35.3. The van der Waals surface area contributed by atoms with Crippen LogP contribution in [-0.2, 0) is 10.2 Å². The van der Waals surface area contributed by atoms with E-state index in [0.717, 1.165) is 23.7 Å². The molecule has 1 aromatic carbocycles. The lowest BCUT2D eigenvalue weighted by atomic mass is 9.78. The van der Waals surface area contributed by atoms with E-state index in [1.165, 1.54) is 12.4 Å². The summed E-state index contributed by atoms with van der Waals surface area (Å²) in [6, 6.07) is 7.09. The standard InChI is InChI=1S/C29H35ClF3N9O2/c1-7-23(43)36-20-15-21(25(44-16-29(31,32)33)38-24(20)41(6)13-12-40(4)5)37-26-34-17-35-27(39-26)42-11-10-28(2,3)19-9-8-18(30)14-22(19)42/h7-9,14-15,17H,1,10-13,16H2,2-6H3,(H,36,43)(H,34,35,37,39). The summed E-state index contributed by atoms with van der Waals surface area (Å²) in [6.45, 7) is 7.86. The molecule has 0 atom stereocenters. The molecule has 236 valence electrons. The van der Waals surface area contributed by atoms with Crippen LogP contribution in [-0.4, -0.2) is 84.3 Å². The van der Waals surface area contributed by atoms with Crippen molar-refractivity contribution in [1.82, 2.24) is 24.8 Å². The number of anilines is 6. The summed E-state index contributed by atoms with van der Waals surface area (Å²) in [6.07, 6.45) is -1.44. The van der Waals surface area contributed by atoms with Crippen LogP contribution in [0, 0.1) is 0 Å². The molecule has 3 heterocycles. The van der Waals surface area contributed by atoms with Gasteiger partial charge in [0.25, 0.3) is 0 Å². The molecule has 0 saturated heterocycles. The average Bonchev–Trinajstić information content (AvgIpc) is 2.94. The monoisotopic (exact) mass is 633 g/mol. The maximum Gasteiger partial charge on any atom is 0.422 e. The van der Waals surface area contributed by atoms with Gasteiger partial charge < -0.3 is 30.1 Å². The lowest BCUT2D eigenvalue weighted by Gasteiger charge is -2.39. The van der Waals surface area contributed by atoms with E-state index in [9.17, 15) is 18.0 Å². The van der Waals surface area contributed by atoms with Crippen LogP contribution in [0.5, 0.6) is 5.88 Å². The highest BCUT2D eigenvalue weighted by Crippen LogP contribution is 2.43. The van der Waals surface area contributed by atoms with Crippen molar-refractivity contribution in [3.8, 4) is 5.88 Å². The number of likely N-dealkylation sites (N-methyl/N-ethyl adjacent to an activating group) is 2.